The molecule has 0 bridgehead atoms. The van der Waals surface area contributed by atoms with Gasteiger partial charge in [0.15, 0.2) is 5.65 Å². The summed E-state index contributed by atoms with van der Waals surface area (Å²) in [7, 11) is 0. The zero-order chi connectivity index (χ0) is 15.8. The molecule has 0 saturated carbocycles. The first-order valence-electron chi connectivity index (χ1n) is 6.92. The van der Waals surface area contributed by atoms with Gasteiger partial charge in [0.1, 0.15) is 6.33 Å². The number of hydrogen-bond acceptors (Lipinski definition) is 3. The van der Waals surface area contributed by atoms with Crippen molar-refractivity contribution in [2.24, 2.45) is 0 Å². The maximum Gasteiger partial charge on any atom is 0.155 e. The number of nitrogens with zero attached hydrogens (tertiary/aromatic N) is 4. The van der Waals surface area contributed by atoms with Gasteiger partial charge in [0.25, 0.3) is 0 Å². The summed E-state index contributed by atoms with van der Waals surface area (Å²) >= 11 is 12.3. The summed E-state index contributed by atoms with van der Waals surface area (Å²) in [5.41, 5.74) is 4.45. The van der Waals surface area contributed by atoms with Crippen molar-refractivity contribution in [2.45, 2.75) is 0 Å². The molecule has 4 aromatic rings. The molecule has 4 nitrogen and oxygen atoms in total. The minimum atomic E-state index is 0.579. The highest BCUT2D eigenvalue weighted by Crippen LogP contribution is 2.33. The molecule has 1 aromatic carbocycles. The third kappa shape index (κ3) is 2.67. The minimum Gasteiger partial charge on any atom is -0.256 e. The predicted molar refractivity (Wildman–Crippen MR) is 91.7 cm³/mol. The molecule has 0 amide bonds. The highest BCUT2D eigenvalue weighted by molar-refractivity contribution is 6.35. The molecule has 4 rings (SSSR count). The predicted octanol–water partition coefficient (Wildman–Crippen LogP) is 4.77. The Labute approximate surface area is 142 Å². The third-order valence-corrected chi connectivity index (χ3v) is 3.97. The van der Waals surface area contributed by atoms with Crippen LogP contribution in [-0.4, -0.2) is 19.6 Å². The molecule has 0 radical (unpaired) electrons. The van der Waals surface area contributed by atoms with Gasteiger partial charge in [-0.1, -0.05) is 29.3 Å². The fourth-order valence-electron chi connectivity index (χ4n) is 2.54. The second kappa shape index (κ2) is 5.65. The molecule has 0 unspecified atom stereocenters. The average Bonchev–Trinajstić information content (AvgIpc) is 3.01. The van der Waals surface area contributed by atoms with Crippen LogP contribution in [0.25, 0.3) is 28.0 Å². The number of halogens is 2. The van der Waals surface area contributed by atoms with E-state index in [4.69, 9.17) is 23.2 Å². The van der Waals surface area contributed by atoms with Crippen LogP contribution in [0.4, 0.5) is 0 Å². The van der Waals surface area contributed by atoms with Crippen molar-refractivity contribution in [3.63, 3.8) is 0 Å². The molecule has 0 spiro atoms. The standard InChI is InChI=1S/C17H10Cl2N4/c18-13-6-12(7-14(19)8-13)17-15(2-1-5-20-17)11-3-4-16-21-10-22-23(16)9-11/h1-10H. The van der Waals surface area contributed by atoms with E-state index in [2.05, 4.69) is 15.1 Å². The van der Waals surface area contributed by atoms with E-state index in [0.717, 1.165) is 28.0 Å². The highest BCUT2D eigenvalue weighted by Gasteiger charge is 2.11. The Bertz CT molecular complexity index is 990. The second-order valence-electron chi connectivity index (χ2n) is 5.04. The quantitative estimate of drug-likeness (QED) is 0.528. The van der Waals surface area contributed by atoms with Crippen molar-refractivity contribution in [1.29, 1.82) is 0 Å². The molecule has 0 aliphatic carbocycles. The van der Waals surface area contributed by atoms with Gasteiger partial charge >= 0.3 is 0 Å². The summed E-state index contributed by atoms with van der Waals surface area (Å²) in [6.45, 7) is 0. The van der Waals surface area contributed by atoms with Gasteiger partial charge in [0, 0.05) is 39.1 Å². The fourth-order valence-corrected chi connectivity index (χ4v) is 3.06. The van der Waals surface area contributed by atoms with Crippen molar-refractivity contribution >= 4 is 28.8 Å². The van der Waals surface area contributed by atoms with E-state index in [9.17, 15) is 0 Å². The van der Waals surface area contributed by atoms with E-state index < -0.39 is 0 Å². The molecule has 0 aliphatic rings. The maximum absolute atomic E-state index is 6.13. The van der Waals surface area contributed by atoms with Gasteiger partial charge in [-0.3, -0.25) is 4.98 Å². The summed E-state index contributed by atoms with van der Waals surface area (Å²) in [5.74, 6) is 0. The van der Waals surface area contributed by atoms with E-state index in [0.29, 0.717) is 10.0 Å². The summed E-state index contributed by atoms with van der Waals surface area (Å²) in [4.78, 5) is 8.67. The molecule has 6 heteroatoms. The Kier molecular flexibility index (Phi) is 3.48. The topological polar surface area (TPSA) is 43.1 Å². The monoisotopic (exact) mass is 340 g/mol. The lowest BCUT2D eigenvalue weighted by Crippen LogP contribution is -1.92. The molecule has 3 heterocycles. The third-order valence-electron chi connectivity index (χ3n) is 3.53. The van der Waals surface area contributed by atoms with Crippen LogP contribution in [0.1, 0.15) is 0 Å². The van der Waals surface area contributed by atoms with Crippen LogP contribution in [0.3, 0.4) is 0 Å². The zero-order valence-corrected chi connectivity index (χ0v) is 13.3. The van der Waals surface area contributed by atoms with Gasteiger partial charge in [0.2, 0.25) is 0 Å². The molecule has 0 N–H and O–H groups in total. The van der Waals surface area contributed by atoms with Crippen LogP contribution < -0.4 is 0 Å². The largest absolute Gasteiger partial charge is 0.256 e. The van der Waals surface area contributed by atoms with Crippen LogP contribution in [-0.2, 0) is 0 Å². The molecule has 23 heavy (non-hydrogen) atoms. The smallest absolute Gasteiger partial charge is 0.155 e. The Morgan fingerprint density at radius 1 is 0.870 bits per heavy atom. The van der Waals surface area contributed by atoms with Crippen LogP contribution >= 0.6 is 23.2 Å². The second-order valence-corrected chi connectivity index (χ2v) is 5.91. The van der Waals surface area contributed by atoms with E-state index in [-0.39, 0.29) is 0 Å². The number of rotatable bonds is 2. The van der Waals surface area contributed by atoms with Crippen molar-refractivity contribution in [1.82, 2.24) is 19.6 Å². The number of fused-ring (bicyclic) bond motifs is 1. The van der Waals surface area contributed by atoms with Gasteiger partial charge in [-0.2, -0.15) is 5.10 Å². The summed E-state index contributed by atoms with van der Waals surface area (Å²) in [6, 6.07) is 13.2. The molecule has 112 valence electrons. The number of pyridine rings is 2. The van der Waals surface area contributed by atoms with Gasteiger partial charge in [-0.15, -0.1) is 0 Å². The van der Waals surface area contributed by atoms with E-state index in [1.54, 1.807) is 16.8 Å². The normalized spacial score (nSPS) is 11.0. The molecular formula is C17H10Cl2N4. The number of aromatic nitrogens is 4. The first-order valence-corrected chi connectivity index (χ1v) is 7.67. The number of hydrogen-bond donors (Lipinski definition) is 0. The SMILES string of the molecule is Clc1cc(Cl)cc(-c2ncccc2-c2ccc3ncnn3c2)c1. The Balaban J connectivity index is 1.92. The van der Waals surface area contributed by atoms with Crippen molar-refractivity contribution in [3.8, 4) is 22.4 Å². The Morgan fingerprint density at radius 3 is 2.52 bits per heavy atom. The van der Waals surface area contributed by atoms with Crippen LogP contribution in [0.5, 0.6) is 0 Å². The number of benzene rings is 1. The molecule has 0 saturated heterocycles. The van der Waals surface area contributed by atoms with Crippen molar-refractivity contribution < 1.29 is 0 Å². The lowest BCUT2D eigenvalue weighted by molar-refractivity contribution is 0.962. The molecule has 0 aliphatic heterocycles. The summed E-state index contributed by atoms with van der Waals surface area (Å²) in [5, 5.41) is 5.34. The molecular weight excluding hydrogens is 331 g/mol. The van der Waals surface area contributed by atoms with Crippen molar-refractivity contribution in [3.05, 3.63) is 71.2 Å². The van der Waals surface area contributed by atoms with Crippen LogP contribution in [0.15, 0.2) is 61.2 Å². The maximum atomic E-state index is 6.13. The van der Waals surface area contributed by atoms with Crippen LogP contribution in [0, 0.1) is 0 Å². The van der Waals surface area contributed by atoms with Gasteiger partial charge < -0.3 is 0 Å². The van der Waals surface area contributed by atoms with Gasteiger partial charge in [-0.25, -0.2) is 9.50 Å². The Hall–Kier alpha value is -2.43. The summed E-state index contributed by atoms with van der Waals surface area (Å²) in [6.07, 6.45) is 5.21. The van der Waals surface area contributed by atoms with Gasteiger partial charge in [-0.05, 0) is 36.4 Å². The average molecular weight is 341 g/mol. The fraction of sp³-hybridized carbons (Fsp3) is 0. The lowest BCUT2D eigenvalue weighted by Gasteiger charge is -2.10. The zero-order valence-electron chi connectivity index (χ0n) is 11.8. The first-order chi connectivity index (χ1) is 11.2. The summed E-state index contributed by atoms with van der Waals surface area (Å²) < 4.78 is 1.73. The van der Waals surface area contributed by atoms with E-state index >= 15 is 0 Å². The van der Waals surface area contributed by atoms with Crippen LogP contribution in [0.2, 0.25) is 10.0 Å². The lowest BCUT2D eigenvalue weighted by atomic mass is 10.0. The molecule has 3 aromatic heterocycles. The van der Waals surface area contributed by atoms with E-state index in [1.165, 1.54) is 6.33 Å². The van der Waals surface area contributed by atoms with Gasteiger partial charge in [0.05, 0.1) is 5.69 Å². The van der Waals surface area contributed by atoms with E-state index in [1.807, 2.05) is 42.6 Å². The molecule has 0 fully saturated rings. The molecule has 0 atom stereocenters. The minimum absolute atomic E-state index is 0.579. The highest BCUT2D eigenvalue weighted by atomic mass is 35.5. The van der Waals surface area contributed by atoms with Crippen molar-refractivity contribution in [2.75, 3.05) is 0 Å². The first kappa shape index (κ1) is 14.2. The Morgan fingerprint density at radius 2 is 1.70 bits per heavy atom.